The third-order valence-corrected chi connectivity index (χ3v) is 2.61. The number of nitrogens with zero attached hydrogens (tertiary/aromatic N) is 2. The molecule has 2 rings (SSSR count). The molecule has 0 spiro atoms. The van der Waals surface area contributed by atoms with E-state index in [0.29, 0.717) is 16.3 Å². The lowest BCUT2D eigenvalue weighted by Gasteiger charge is -1.99. The van der Waals surface area contributed by atoms with E-state index in [9.17, 15) is 4.39 Å². The van der Waals surface area contributed by atoms with Crippen LogP contribution in [-0.4, -0.2) is 4.98 Å². The van der Waals surface area contributed by atoms with Gasteiger partial charge >= 0.3 is 0 Å². The minimum Gasteiger partial charge on any atom is -0.389 e. The largest absolute Gasteiger partial charge is 0.389 e. The molecule has 1 aromatic carbocycles. The third-order valence-electron chi connectivity index (χ3n) is 1.96. The summed E-state index contributed by atoms with van der Waals surface area (Å²) in [6.07, 6.45) is 0. The van der Waals surface area contributed by atoms with Gasteiger partial charge in [-0.2, -0.15) is 5.26 Å². The lowest BCUT2D eigenvalue weighted by Crippen LogP contribution is -1.89. The molecule has 0 fully saturated rings. The first-order valence-electron chi connectivity index (χ1n) is 4.11. The lowest BCUT2D eigenvalue weighted by atomic mass is 10.1. The number of nitrogens with two attached hydrogens (primary N) is 1. The smallest absolute Gasteiger partial charge is 0.140 e. The summed E-state index contributed by atoms with van der Waals surface area (Å²) in [6, 6.07) is 6.02. The van der Waals surface area contributed by atoms with Gasteiger partial charge in [0, 0.05) is 5.56 Å². The van der Waals surface area contributed by atoms with Gasteiger partial charge in [-0.15, -0.1) is 11.3 Å². The number of benzene rings is 1. The van der Waals surface area contributed by atoms with E-state index in [-0.39, 0.29) is 5.56 Å². The fraction of sp³-hybridized carbons (Fsp3) is 0. The molecule has 0 amide bonds. The van der Waals surface area contributed by atoms with Gasteiger partial charge in [-0.1, -0.05) is 0 Å². The molecule has 15 heavy (non-hydrogen) atoms. The fourth-order valence-corrected chi connectivity index (χ4v) is 1.78. The van der Waals surface area contributed by atoms with Crippen molar-refractivity contribution in [1.82, 2.24) is 4.98 Å². The summed E-state index contributed by atoms with van der Waals surface area (Å²) in [5.41, 5.74) is 8.55. The highest BCUT2D eigenvalue weighted by molar-refractivity contribution is 7.14. The standard InChI is InChI=1S/C10H6FN3S/c11-8-2-1-6(3-7(8)4-12)9-10(13)15-5-14-9/h1-3,5H,13H2. The van der Waals surface area contributed by atoms with E-state index in [0.717, 1.165) is 0 Å². The lowest BCUT2D eigenvalue weighted by molar-refractivity contribution is 0.624. The highest BCUT2D eigenvalue weighted by Gasteiger charge is 2.08. The normalized spacial score (nSPS) is 9.87. The van der Waals surface area contributed by atoms with Gasteiger partial charge in [0.15, 0.2) is 0 Å². The minimum atomic E-state index is -0.532. The van der Waals surface area contributed by atoms with Gasteiger partial charge in [-0.05, 0) is 18.2 Å². The maximum absolute atomic E-state index is 13.0. The Labute approximate surface area is 89.6 Å². The highest BCUT2D eigenvalue weighted by atomic mass is 32.1. The van der Waals surface area contributed by atoms with Crippen LogP contribution in [0.15, 0.2) is 23.7 Å². The van der Waals surface area contributed by atoms with Crippen molar-refractivity contribution >= 4 is 16.3 Å². The number of nitrogen functional groups attached to an aromatic ring is 1. The van der Waals surface area contributed by atoms with Crippen LogP contribution >= 0.6 is 11.3 Å². The maximum Gasteiger partial charge on any atom is 0.140 e. The summed E-state index contributed by atoms with van der Waals surface area (Å²) < 4.78 is 13.0. The second-order valence-corrected chi connectivity index (χ2v) is 3.76. The first-order valence-corrected chi connectivity index (χ1v) is 4.99. The monoisotopic (exact) mass is 219 g/mol. The molecule has 0 atom stereocenters. The van der Waals surface area contributed by atoms with Crippen LogP contribution in [0.5, 0.6) is 0 Å². The quantitative estimate of drug-likeness (QED) is 0.801. The van der Waals surface area contributed by atoms with E-state index < -0.39 is 5.82 Å². The number of hydrogen-bond donors (Lipinski definition) is 1. The predicted molar refractivity (Wildman–Crippen MR) is 56.6 cm³/mol. The molecule has 0 aliphatic carbocycles. The summed E-state index contributed by atoms with van der Waals surface area (Å²) in [4.78, 5) is 4.05. The third kappa shape index (κ3) is 1.67. The van der Waals surface area contributed by atoms with Gasteiger partial charge in [0.2, 0.25) is 0 Å². The number of thiazole rings is 1. The Morgan fingerprint density at radius 2 is 2.27 bits per heavy atom. The molecule has 5 heteroatoms. The van der Waals surface area contributed by atoms with Crippen molar-refractivity contribution in [2.24, 2.45) is 0 Å². The molecule has 0 bridgehead atoms. The highest BCUT2D eigenvalue weighted by Crippen LogP contribution is 2.28. The van der Waals surface area contributed by atoms with Crippen LogP contribution < -0.4 is 5.73 Å². The van der Waals surface area contributed by atoms with Crippen molar-refractivity contribution in [1.29, 1.82) is 5.26 Å². The molecule has 2 aromatic rings. The van der Waals surface area contributed by atoms with Crippen molar-refractivity contribution in [3.8, 4) is 17.3 Å². The Kier molecular flexibility index (Phi) is 2.35. The van der Waals surface area contributed by atoms with E-state index in [1.165, 1.54) is 23.5 Å². The number of halogens is 1. The number of hydrogen-bond acceptors (Lipinski definition) is 4. The zero-order chi connectivity index (χ0) is 10.8. The van der Waals surface area contributed by atoms with Crippen LogP contribution in [0.4, 0.5) is 9.39 Å². The van der Waals surface area contributed by atoms with Crippen molar-refractivity contribution in [2.75, 3.05) is 5.73 Å². The van der Waals surface area contributed by atoms with Crippen LogP contribution in [0.1, 0.15) is 5.56 Å². The molecule has 1 aromatic heterocycles. The molecule has 0 aliphatic heterocycles. The summed E-state index contributed by atoms with van der Waals surface area (Å²) in [6.45, 7) is 0. The van der Waals surface area contributed by atoms with Gasteiger partial charge in [0.1, 0.15) is 22.6 Å². The van der Waals surface area contributed by atoms with Gasteiger partial charge in [0.05, 0.1) is 11.1 Å². The molecule has 0 radical (unpaired) electrons. The van der Waals surface area contributed by atoms with Crippen LogP contribution in [0.25, 0.3) is 11.3 Å². The van der Waals surface area contributed by atoms with Crippen molar-refractivity contribution in [2.45, 2.75) is 0 Å². The van der Waals surface area contributed by atoms with Crippen LogP contribution in [-0.2, 0) is 0 Å². The molecule has 1 heterocycles. The van der Waals surface area contributed by atoms with Crippen molar-refractivity contribution < 1.29 is 4.39 Å². The topological polar surface area (TPSA) is 62.7 Å². The first-order chi connectivity index (χ1) is 7.22. The molecular weight excluding hydrogens is 213 g/mol. The second-order valence-electron chi connectivity index (χ2n) is 2.87. The molecule has 0 saturated carbocycles. The van der Waals surface area contributed by atoms with Crippen LogP contribution in [0, 0.1) is 17.1 Å². The molecule has 74 valence electrons. The zero-order valence-corrected chi connectivity index (χ0v) is 8.38. The minimum absolute atomic E-state index is 0.0000926. The number of aromatic nitrogens is 1. The van der Waals surface area contributed by atoms with Crippen molar-refractivity contribution in [3.63, 3.8) is 0 Å². The van der Waals surface area contributed by atoms with E-state index in [4.69, 9.17) is 11.0 Å². The molecule has 0 saturated heterocycles. The van der Waals surface area contributed by atoms with Gasteiger partial charge in [-0.25, -0.2) is 9.37 Å². The number of anilines is 1. The van der Waals surface area contributed by atoms with Gasteiger partial charge in [-0.3, -0.25) is 0 Å². The average Bonchev–Trinajstić information content (AvgIpc) is 2.65. The molecular formula is C10H6FN3S. The average molecular weight is 219 g/mol. The van der Waals surface area contributed by atoms with Crippen LogP contribution in [0.3, 0.4) is 0 Å². The number of nitriles is 1. The Morgan fingerprint density at radius 3 is 2.87 bits per heavy atom. The van der Waals surface area contributed by atoms with Gasteiger partial charge in [0.25, 0.3) is 0 Å². The molecule has 0 aliphatic rings. The Bertz CT molecular complexity index is 542. The van der Waals surface area contributed by atoms with Crippen LogP contribution in [0.2, 0.25) is 0 Å². The fourth-order valence-electron chi connectivity index (χ4n) is 1.23. The first kappa shape index (κ1) is 9.62. The van der Waals surface area contributed by atoms with E-state index in [1.54, 1.807) is 17.6 Å². The molecule has 3 nitrogen and oxygen atoms in total. The Hall–Kier alpha value is -1.93. The summed E-state index contributed by atoms with van der Waals surface area (Å²) >= 11 is 1.31. The van der Waals surface area contributed by atoms with E-state index in [1.807, 2.05) is 0 Å². The second kappa shape index (κ2) is 3.67. The summed E-state index contributed by atoms with van der Waals surface area (Å²) in [7, 11) is 0. The van der Waals surface area contributed by atoms with Gasteiger partial charge < -0.3 is 5.73 Å². The maximum atomic E-state index is 13.0. The summed E-state index contributed by atoms with van der Waals surface area (Å²) in [5.74, 6) is -0.532. The van der Waals surface area contributed by atoms with Crippen molar-refractivity contribution in [3.05, 3.63) is 35.1 Å². The predicted octanol–water partition coefficient (Wildman–Crippen LogP) is 2.40. The number of rotatable bonds is 1. The molecule has 0 unspecified atom stereocenters. The molecule has 2 N–H and O–H groups in total. The summed E-state index contributed by atoms with van der Waals surface area (Å²) in [5, 5.41) is 9.23. The SMILES string of the molecule is N#Cc1cc(-c2ncsc2N)ccc1F. The Balaban J connectivity index is 2.57. The Morgan fingerprint density at radius 1 is 1.47 bits per heavy atom. The van der Waals surface area contributed by atoms with E-state index >= 15 is 0 Å². The zero-order valence-electron chi connectivity index (χ0n) is 7.57. The van der Waals surface area contributed by atoms with E-state index in [2.05, 4.69) is 4.98 Å².